The van der Waals surface area contributed by atoms with Gasteiger partial charge in [-0.05, 0) is 38.3 Å². The summed E-state index contributed by atoms with van der Waals surface area (Å²) >= 11 is 0. The predicted molar refractivity (Wildman–Crippen MR) is 139 cm³/mol. The third-order valence-electron chi connectivity index (χ3n) is 6.94. The SMILES string of the molecule is Cc1cn2cc(NC(=O)c3ccc(N4CCC(N[C@@H]5C[C@H]5O)CC4)c4cn(C)nc34)cc(F)c2n1.Cl. The number of carbonyl (C=O) groups excluding carboxylic acids is 1. The number of anilines is 2. The maximum absolute atomic E-state index is 14.5. The number of aliphatic hydroxyl groups is 1. The molecule has 11 heteroatoms. The van der Waals surface area contributed by atoms with Gasteiger partial charge in [-0.1, -0.05) is 0 Å². The topological polar surface area (TPSA) is 99.7 Å². The number of halogens is 2. The van der Waals surface area contributed by atoms with E-state index in [2.05, 4.69) is 25.6 Å². The van der Waals surface area contributed by atoms with Gasteiger partial charge < -0.3 is 25.0 Å². The van der Waals surface area contributed by atoms with Crippen molar-refractivity contribution in [1.82, 2.24) is 24.5 Å². The highest BCUT2D eigenvalue weighted by Gasteiger charge is 2.37. The first-order valence-corrected chi connectivity index (χ1v) is 12.0. The van der Waals surface area contributed by atoms with Gasteiger partial charge in [0.1, 0.15) is 5.52 Å². The molecule has 36 heavy (non-hydrogen) atoms. The van der Waals surface area contributed by atoms with Crippen LogP contribution in [0.5, 0.6) is 0 Å². The maximum Gasteiger partial charge on any atom is 0.257 e. The van der Waals surface area contributed by atoms with E-state index in [-0.39, 0.29) is 36.1 Å². The van der Waals surface area contributed by atoms with E-state index >= 15 is 0 Å². The van der Waals surface area contributed by atoms with Crippen LogP contribution in [0.25, 0.3) is 16.6 Å². The van der Waals surface area contributed by atoms with E-state index in [1.54, 1.807) is 34.5 Å². The molecule has 1 aliphatic heterocycles. The van der Waals surface area contributed by atoms with Crippen molar-refractivity contribution < 1.29 is 14.3 Å². The average Bonchev–Trinajstić information content (AvgIpc) is 3.17. The first-order chi connectivity index (χ1) is 16.9. The van der Waals surface area contributed by atoms with Crippen molar-refractivity contribution in [3.05, 3.63) is 53.9 Å². The van der Waals surface area contributed by atoms with Gasteiger partial charge in [0.05, 0.1) is 23.0 Å². The van der Waals surface area contributed by atoms with Crippen LogP contribution in [0.4, 0.5) is 15.8 Å². The molecule has 3 aromatic heterocycles. The Morgan fingerprint density at radius 3 is 2.67 bits per heavy atom. The number of nitrogens with one attached hydrogen (secondary N) is 2. The number of aliphatic hydroxyl groups excluding tert-OH is 1. The van der Waals surface area contributed by atoms with Crippen molar-refractivity contribution in [2.24, 2.45) is 7.05 Å². The van der Waals surface area contributed by atoms with Crippen molar-refractivity contribution >= 4 is 46.2 Å². The monoisotopic (exact) mass is 513 g/mol. The lowest BCUT2D eigenvalue weighted by Gasteiger charge is -2.34. The lowest BCUT2D eigenvalue weighted by molar-refractivity contribution is 0.102. The number of aromatic nitrogens is 4. The number of rotatable bonds is 5. The molecule has 0 bridgehead atoms. The van der Waals surface area contributed by atoms with Gasteiger partial charge in [0, 0.05) is 68.0 Å². The van der Waals surface area contributed by atoms with E-state index in [0.29, 0.717) is 28.5 Å². The van der Waals surface area contributed by atoms with Crippen molar-refractivity contribution in [2.75, 3.05) is 23.3 Å². The molecule has 4 heterocycles. The number of benzene rings is 1. The van der Waals surface area contributed by atoms with Gasteiger partial charge in [-0.15, -0.1) is 12.4 Å². The Kier molecular flexibility index (Phi) is 6.36. The fourth-order valence-electron chi connectivity index (χ4n) is 5.06. The van der Waals surface area contributed by atoms with Crippen LogP contribution in [0.3, 0.4) is 0 Å². The quantitative estimate of drug-likeness (QED) is 0.379. The molecule has 0 spiro atoms. The third kappa shape index (κ3) is 4.52. The molecular weight excluding hydrogens is 485 g/mol. The second-order valence-electron chi connectivity index (χ2n) is 9.68. The van der Waals surface area contributed by atoms with E-state index in [4.69, 9.17) is 0 Å². The number of carbonyl (C=O) groups is 1. The molecule has 190 valence electrons. The summed E-state index contributed by atoms with van der Waals surface area (Å²) in [6, 6.07) is 5.71. The van der Waals surface area contributed by atoms with E-state index < -0.39 is 5.82 Å². The summed E-state index contributed by atoms with van der Waals surface area (Å²) in [5.41, 5.74) is 3.37. The molecule has 1 aliphatic carbocycles. The van der Waals surface area contributed by atoms with Gasteiger partial charge in [0.25, 0.3) is 5.91 Å². The first kappa shape index (κ1) is 24.5. The van der Waals surface area contributed by atoms with Gasteiger partial charge in [0.2, 0.25) is 0 Å². The highest BCUT2D eigenvalue weighted by Crippen LogP contribution is 2.32. The van der Waals surface area contributed by atoms with Crippen molar-refractivity contribution in [2.45, 2.75) is 44.4 Å². The van der Waals surface area contributed by atoms with Crippen LogP contribution in [0, 0.1) is 12.7 Å². The number of amides is 1. The van der Waals surface area contributed by atoms with E-state index in [9.17, 15) is 14.3 Å². The maximum atomic E-state index is 14.5. The number of nitrogens with zero attached hydrogens (tertiary/aromatic N) is 5. The van der Waals surface area contributed by atoms with Crippen LogP contribution < -0.4 is 15.5 Å². The van der Waals surface area contributed by atoms with Crippen molar-refractivity contribution in [3.8, 4) is 0 Å². The molecule has 4 aromatic rings. The Hall–Kier alpha value is -3.21. The molecule has 1 saturated carbocycles. The average molecular weight is 514 g/mol. The summed E-state index contributed by atoms with van der Waals surface area (Å²) in [4.78, 5) is 19.7. The molecule has 1 saturated heterocycles. The number of hydrogen-bond donors (Lipinski definition) is 3. The molecule has 2 aliphatic rings. The molecule has 0 radical (unpaired) electrons. The lowest BCUT2D eigenvalue weighted by Crippen LogP contribution is -2.44. The number of pyridine rings is 1. The van der Waals surface area contributed by atoms with Crippen LogP contribution in [0.15, 0.2) is 36.8 Å². The largest absolute Gasteiger partial charge is 0.391 e. The molecule has 0 unspecified atom stereocenters. The zero-order valence-corrected chi connectivity index (χ0v) is 20.9. The van der Waals surface area contributed by atoms with Crippen molar-refractivity contribution in [3.63, 3.8) is 0 Å². The summed E-state index contributed by atoms with van der Waals surface area (Å²) in [5, 5.41) is 21.4. The van der Waals surface area contributed by atoms with Crippen LogP contribution in [0.1, 0.15) is 35.3 Å². The Bertz CT molecular complexity index is 1440. The summed E-state index contributed by atoms with van der Waals surface area (Å²) in [7, 11) is 1.84. The van der Waals surface area contributed by atoms with Crippen LogP contribution >= 0.6 is 12.4 Å². The first-order valence-electron chi connectivity index (χ1n) is 12.0. The Balaban J connectivity index is 0.00000267. The number of imidazole rings is 1. The minimum absolute atomic E-state index is 0. The highest BCUT2D eigenvalue weighted by atomic mass is 35.5. The zero-order valence-electron chi connectivity index (χ0n) is 20.1. The number of fused-ring (bicyclic) bond motifs is 2. The van der Waals surface area contributed by atoms with E-state index in [0.717, 1.165) is 43.4 Å². The van der Waals surface area contributed by atoms with E-state index in [1.165, 1.54) is 6.07 Å². The van der Waals surface area contributed by atoms with Gasteiger partial charge >= 0.3 is 0 Å². The second kappa shape index (κ2) is 9.34. The molecule has 2 atom stereocenters. The van der Waals surface area contributed by atoms with Gasteiger partial charge in [-0.3, -0.25) is 9.48 Å². The Morgan fingerprint density at radius 2 is 1.94 bits per heavy atom. The molecule has 1 aromatic carbocycles. The van der Waals surface area contributed by atoms with Crippen LogP contribution in [-0.4, -0.2) is 61.5 Å². The number of piperidine rings is 1. The second-order valence-corrected chi connectivity index (χ2v) is 9.68. The van der Waals surface area contributed by atoms with Gasteiger partial charge in [-0.2, -0.15) is 5.10 Å². The predicted octanol–water partition coefficient (Wildman–Crippen LogP) is 3.03. The van der Waals surface area contributed by atoms with Gasteiger partial charge in [0.15, 0.2) is 11.5 Å². The molecule has 3 N–H and O–H groups in total. The Morgan fingerprint density at radius 1 is 1.19 bits per heavy atom. The number of hydrogen-bond acceptors (Lipinski definition) is 6. The summed E-state index contributed by atoms with van der Waals surface area (Å²) in [6.45, 7) is 3.57. The molecule has 6 rings (SSSR count). The summed E-state index contributed by atoms with van der Waals surface area (Å²) in [5.74, 6) is -0.843. The third-order valence-corrected chi connectivity index (χ3v) is 6.94. The summed E-state index contributed by atoms with van der Waals surface area (Å²) < 4.78 is 17.8. The Labute approximate surface area is 213 Å². The smallest absolute Gasteiger partial charge is 0.257 e. The molecule has 2 fully saturated rings. The fraction of sp³-hybridized carbons (Fsp3) is 0.400. The minimum atomic E-state index is -0.497. The van der Waals surface area contributed by atoms with Crippen LogP contribution in [-0.2, 0) is 7.05 Å². The highest BCUT2D eigenvalue weighted by molar-refractivity contribution is 6.13. The zero-order chi connectivity index (χ0) is 24.3. The normalized spacial score (nSPS) is 20.1. The molecular formula is C25H29ClFN7O2. The standard InChI is InChI=1S/C25H28FN7O2.ClH/c1-14-11-33-12-16(9-19(26)24(33)27-14)29-25(35)17-3-4-21(18-13-31(2)30-23(17)18)32-7-5-15(6-8-32)28-20-10-22(20)34;/h3-4,9,11-13,15,20,22,28,34H,5-8,10H2,1-2H3,(H,29,35);1H/t20-,22-;/m1./s1. The van der Waals surface area contributed by atoms with Gasteiger partial charge in [-0.25, -0.2) is 9.37 Å². The van der Waals surface area contributed by atoms with Crippen molar-refractivity contribution in [1.29, 1.82) is 0 Å². The molecule has 1 amide bonds. The minimum Gasteiger partial charge on any atom is -0.391 e. The van der Waals surface area contributed by atoms with Crippen LogP contribution in [0.2, 0.25) is 0 Å². The van der Waals surface area contributed by atoms with E-state index in [1.807, 2.05) is 19.3 Å². The number of aryl methyl sites for hydroxylation is 2. The fourth-order valence-corrected chi connectivity index (χ4v) is 5.06. The molecule has 9 nitrogen and oxygen atoms in total. The summed E-state index contributed by atoms with van der Waals surface area (Å²) in [6.07, 6.45) is 7.95. The lowest BCUT2D eigenvalue weighted by atomic mass is 10.0.